The molecule has 1 heterocycles. The van der Waals surface area contributed by atoms with Gasteiger partial charge in [-0.2, -0.15) is 0 Å². The molecule has 2 rings (SSSR count). The van der Waals surface area contributed by atoms with Crippen LogP contribution in [0.2, 0.25) is 0 Å². The van der Waals surface area contributed by atoms with Crippen LogP contribution in [0, 0.1) is 6.92 Å². The molecular formula is C15H21N3O2. The Morgan fingerprint density at radius 1 is 1.25 bits per heavy atom. The molecule has 1 aromatic carbocycles. The lowest BCUT2D eigenvalue weighted by Gasteiger charge is -2.19. The van der Waals surface area contributed by atoms with Crippen LogP contribution in [0.5, 0.6) is 11.5 Å². The molecule has 0 radical (unpaired) electrons. The first-order valence-corrected chi connectivity index (χ1v) is 6.56. The third-order valence-electron chi connectivity index (χ3n) is 3.46. The van der Waals surface area contributed by atoms with Crippen LogP contribution in [0.1, 0.15) is 17.4 Å². The van der Waals surface area contributed by atoms with Gasteiger partial charge in [0.2, 0.25) is 0 Å². The number of nitrogens with one attached hydrogen (secondary N) is 1. The molecule has 0 aliphatic rings. The second kappa shape index (κ2) is 6.43. The monoisotopic (exact) mass is 275 g/mol. The molecule has 0 fully saturated rings. The van der Waals surface area contributed by atoms with E-state index in [0.29, 0.717) is 0 Å². The molecule has 0 saturated carbocycles. The van der Waals surface area contributed by atoms with Gasteiger partial charge in [-0.15, -0.1) is 0 Å². The van der Waals surface area contributed by atoms with Crippen LogP contribution in [0.4, 0.5) is 0 Å². The topological polar surface area (TPSA) is 48.3 Å². The predicted molar refractivity (Wildman–Crippen MR) is 78.3 cm³/mol. The summed E-state index contributed by atoms with van der Waals surface area (Å²) in [5, 5.41) is 3.33. The van der Waals surface area contributed by atoms with Gasteiger partial charge in [-0.05, 0) is 31.7 Å². The summed E-state index contributed by atoms with van der Waals surface area (Å²) in [5.74, 6) is 2.49. The lowest BCUT2D eigenvalue weighted by Crippen LogP contribution is -2.22. The Bertz CT molecular complexity index is 566. The van der Waals surface area contributed by atoms with Crippen molar-refractivity contribution in [1.82, 2.24) is 14.9 Å². The van der Waals surface area contributed by atoms with Crippen LogP contribution in [-0.2, 0) is 6.54 Å². The standard InChI is InChI=1S/C15H21N3O2/c1-11-17-7-8-18(11)10-13(16-2)12-5-6-14(19-3)15(9-12)20-4/h5-9,13,16H,10H2,1-4H3. The minimum atomic E-state index is 0.183. The third-order valence-corrected chi connectivity index (χ3v) is 3.46. The average molecular weight is 275 g/mol. The Balaban J connectivity index is 2.25. The number of likely N-dealkylation sites (N-methyl/N-ethyl adjacent to an activating group) is 1. The fourth-order valence-corrected chi connectivity index (χ4v) is 2.23. The number of hydrogen-bond acceptors (Lipinski definition) is 4. The highest BCUT2D eigenvalue weighted by Gasteiger charge is 2.14. The van der Waals surface area contributed by atoms with Crippen LogP contribution < -0.4 is 14.8 Å². The van der Waals surface area contributed by atoms with Gasteiger partial charge in [0.05, 0.1) is 20.3 Å². The van der Waals surface area contributed by atoms with Crippen LogP contribution in [0.25, 0.3) is 0 Å². The van der Waals surface area contributed by atoms with E-state index in [-0.39, 0.29) is 6.04 Å². The molecule has 2 aromatic rings. The quantitative estimate of drug-likeness (QED) is 0.877. The van der Waals surface area contributed by atoms with Crippen LogP contribution >= 0.6 is 0 Å². The summed E-state index contributed by atoms with van der Waals surface area (Å²) < 4.78 is 12.8. The Morgan fingerprint density at radius 3 is 2.55 bits per heavy atom. The maximum Gasteiger partial charge on any atom is 0.161 e. The summed E-state index contributed by atoms with van der Waals surface area (Å²) in [6, 6.07) is 6.17. The van der Waals surface area contributed by atoms with Gasteiger partial charge in [0, 0.05) is 18.9 Å². The summed E-state index contributed by atoms with van der Waals surface area (Å²) in [6.07, 6.45) is 3.80. The SMILES string of the molecule is CNC(Cn1ccnc1C)c1ccc(OC)c(OC)c1. The molecule has 5 heteroatoms. The number of methoxy groups -OCH3 is 2. The molecule has 1 unspecified atom stereocenters. The van der Waals surface area contributed by atoms with Crippen molar-refractivity contribution in [3.63, 3.8) is 0 Å². The fourth-order valence-electron chi connectivity index (χ4n) is 2.23. The van der Waals surface area contributed by atoms with E-state index < -0.39 is 0 Å². The third kappa shape index (κ3) is 2.93. The van der Waals surface area contributed by atoms with Gasteiger partial charge >= 0.3 is 0 Å². The lowest BCUT2D eigenvalue weighted by molar-refractivity contribution is 0.353. The van der Waals surface area contributed by atoms with Crippen molar-refractivity contribution in [3.8, 4) is 11.5 Å². The molecular weight excluding hydrogens is 254 g/mol. The number of imidazole rings is 1. The minimum absolute atomic E-state index is 0.183. The van der Waals surface area contributed by atoms with Crippen molar-refractivity contribution >= 4 is 0 Å². The molecule has 0 aliphatic carbocycles. The maximum absolute atomic E-state index is 5.36. The summed E-state index contributed by atoms with van der Waals surface area (Å²) >= 11 is 0. The molecule has 1 aromatic heterocycles. The zero-order valence-corrected chi connectivity index (χ0v) is 12.4. The van der Waals surface area contributed by atoms with Gasteiger partial charge in [-0.3, -0.25) is 0 Å². The Morgan fingerprint density at radius 2 is 2.00 bits per heavy atom. The van der Waals surface area contributed by atoms with Gasteiger partial charge in [-0.1, -0.05) is 6.07 Å². The van der Waals surface area contributed by atoms with E-state index in [1.165, 1.54) is 0 Å². The lowest BCUT2D eigenvalue weighted by atomic mass is 10.1. The van der Waals surface area contributed by atoms with E-state index in [4.69, 9.17) is 9.47 Å². The van der Waals surface area contributed by atoms with E-state index in [9.17, 15) is 0 Å². The molecule has 0 bridgehead atoms. The first-order valence-electron chi connectivity index (χ1n) is 6.56. The summed E-state index contributed by atoms with van der Waals surface area (Å²) in [4.78, 5) is 4.25. The number of ether oxygens (including phenoxy) is 2. The van der Waals surface area contributed by atoms with E-state index in [0.717, 1.165) is 29.4 Å². The number of hydrogen-bond donors (Lipinski definition) is 1. The molecule has 108 valence electrons. The second-order valence-electron chi connectivity index (χ2n) is 4.58. The minimum Gasteiger partial charge on any atom is -0.493 e. The second-order valence-corrected chi connectivity index (χ2v) is 4.58. The normalized spacial score (nSPS) is 12.2. The van der Waals surface area contributed by atoms with Crippen LogP contribution in [0.3, 0.4) is 0 Å². The first kappa shape index (κ1) is 14.4. The molecule has 0 amide bonds. The van der Waals surface area contributed by atoms with Gasteiger partial charge in [0.25, 0.3) is 0 Å². The van der Waals surface area contributed by atoms with Crippen molar-refractivity contribution in [2.45, 2.75) is 19.5 Å². The molecule has 0 spiro atoms. The number of rotatable bonds is 6. The highest BCUT2D eigenvalue weighted by molar-refractivity contribution is 5.43. The molecule has 0 saturated heterocycles. The number of nitrogens with zero attached hydrogens (tertiary/aromatic N) is 2. The van der Waals surface area contributed by atoms with Crippen LogP contribution in [0.15, 0.2) is 30.6 Å². The molecule has 5 nitrogen and oxygen atoms in total. The smallest absolute Gasteiger partial charge is 0.161 e. The molecule has 0 aliphatic heterocycles. The first-order chi connectivity index (χ1) is 9.69. The number of aryl methyl sites for hydroxylation is 1. The zero-order chi connectivity index (χ0) is 14.5. The summed E-state index contributed by atoms with van der Waals surface area (Å²) in [5.41, 5.74) is 1.15. The van der Waals surface area contributed by atoms with E-state index in [2.05, 4.69) is 20.9 Å². The highest BCUT2D eigenvalue weighted by Crippen LogP contribution is 2.30. The Labute approximate surface area is 119 Å². The number of benzene rings is 1. The Kier molecular flexibility index (Phi) is 4.63. The van der Waals surface area contributed by atoms with Gasteiger partial charge < -0.3 is 19.4 Å². The molecule has 1 atom stereocenters. The van der Waals surface area contributed by atoms with Crippen molar-refractivity contribution in [1.29, 1.82) is 0 Å². The maximum atomic E-state index is 5.36. The zero-order valence-electron chi connectivity index (χ0n) is 12.4. The highest BCUT2D eigenvalue weighted by atomic mass is 16.5. The molecule has 1 N–H and O–H groups in total. The van der Waals surface area contributed by atoms with E-state index >= 15 is 0 Å². The van der Waals surface area contributed by atoms with Crippen LogP contribution in [-0.4, -0.2) is 30.8 Å². The van der Waals surface area contributed by atoms with E-state index in [1.54, 1.807) is 14.2 Å². The van der Waals surface area contributed by atoms with Crippen molar-refractivity contribution in [2.75, 3.05) is 21.3 Å². The summed E-state index contributed by atoms with van der Waals surface area (Å²) in [6.45, 7) is 2.82. The van der Waals surface area contributed by atoms with Gasteiger partial charge in [-0.25, -0.2) is 4.98 Å². The van der Waals surface area contributed by atoms with Gasteiger partial charge in [0.1, 0.15) is 5.82 Å². The van der Waals surface area contributed by atoms with Crippen molar-refractivity contribution < 1.29 is 9.47 Å². The average Bonchev–Trinajstić information content (AvgIpc) is 2.89. The van der Waals surface area contributed by atoms with Crippen molar-refractivity contribution in [2.24, 2.45) is 0 Å². The van der Waals surface area contributed by atoms with Gasteiger partial charge in [0.15, 0.2) is 11.5 Å². The van der Waals surface area contributed by atoms with Crippen molar-refractivity contribution in [3.05, 3.63) is 42.0 Å². The predicted octanol–water partition coefficient (Wildman–Crippen LogP) is 2.17. The fraction of sp³-hybridized carbons (Fsp3) is 0.400. The van der Waals surface area contributed by atoms with E-state index in [1.807, 2.05) is 38.5 Å². The largest absolute Gasteiger partial charge is 0.493 e. The molecule has 20 heavy (non-hydrogen) atoms. The number of aromatic nitrogens is 2. The summed E-state index contributed by atoms with van der Waals surface area (Å²) in [7, 11) is 5.24. The Hall–Kier alpha value is -2.01.